The molecule has 1 aliphatic rings. The average molecular weight is 256 g/mol. The van der Waals surface area contributed by atoms with Gasteiger partial charge < -0.3 is 4.90 Å². The zero-order valence-electron chi connectivity index (χ0n) is 12.0. The molecule has 1 saturated carbocycles. The van der Waals surface area contributed by atoms with Crippen molar-refractivity contribution in [2.24, 2.45) is 11.8 Å². The summed E-state index contributed by atoms with van der Waals surface area (Å²) >= 11 is 0. The van der Waals surface area contributed by atoms with Crippen LogP contribution in [-0.2, 0) is 0 Å². The predicted octanol–water partition coefficient (Wildman–Crippen LogP) is 4.23. The minimum atomic E-state index is 0.599. The Labute approximate surface area is 117 Å². The van der Waals surface area contributed by atoms with Crippen molar-refractivity contribution in [2.75, 3.05) is 11.4 Å². The van der Waals surface area contributed by atoms with E-state index in [1.807, 2.05) is 0 Å². The van der Waals surface area contributed by atoms with Gasteiger partial charge in [-0.1, -0.05) is 32.0 Å². The van der Waals surface area contributed by atoms with Gasteiger partial charge in [-0.2, -0.15) is 5.26 Å². The standard InChI is InChI=1S/C17H24N2/c1-14-9-10-17(13-15(14)2)19(12-6-11-18)16-7-4-3-5-8-16/h3-5,7-8,14-15,17H,6,9-10,12-13H2,1-2H3. The largest absolute Gasteiger partial charge is 0.368 e. The van der Waals surface area contributed by atoms with Crippen LogP contribution in [-0.4, -0.2) is 12.6 Å². The molecule has 2 heteroatoms. The number of nitriles is 1. The summed E-state index contributed by atoms with van der Waals surface area (Å²) in [4.78, 5) is 2.45. The summed E-state index contributed by atoms with van der Waals surface area (Å²) in [5.74, 6) is 1.62. The lowest BCUT2D eigenvalue weighted by molar-refractivity contribution is 0.244. The van der Waals surface area contributed by atoms with Crippen LogP contribution in [0.4, 0.5) is 5.69 Å². The highest BCUT2D eigenvalue weighted by atomic mass is 15.2. The molecule has 0 spiro atoms. The Morgan fingerprint density at radius 1 is 1.16 bits per heavy atom. The van der Waals surface area contributed by atoms with Crippen LogP contribution in [0.5, 0.6) is 0 Å². The smallest absolute Gasteiger partial charge is 0.0640 e. The molecule has 0 N–H and O–H groups in total. The summed E-state index contributed by atoms with van der Waals surface area (Å²) in [6, 6.07) is 13.4. The molecule has 1 aromatic carbocycles. The van der Waals surface area contributed by atoms with E-state index in [0.717, 1.165) is 18.4 Å². The van der Waals surface area contributed by atoms with Crippen molar-refractivity contribution >= 4 is 5.69 Å². The van der Waals surface area contributed by atoms with Gasteiger partial charge in [-0.3, -0.25) is 0 Å². The summed E-state index contributed by atoms with van der Waals surface area (Å²) in [5.41, 5.74) is 1.27. The zero-order valence-corrected chi connectivity index (χ0v) is 12.0. The molecular weight excluding hydrogens is 232 g/mol. The fourth-order valence-corrected chi connectivity index (χ4v) is 3.11. The lowest BCUT2D eigenvalue weighted by Gasteiger charge is -2.40. The molecule has 0 heterocycles. The third-order valence-electron chi connectivity index (χ3n) is 4.56. The first-order chi connectivity index (χ1) is 9.22. The van der Waals surface area contributed by atoms with Gasteiger partial charge in [0.25, 0.3) is 0 Å². The average Bonchev–Trinajstić information content (AvgIpc) is 2.44. The van der Waals surface area contributed by atoms with E-state index >= 15 is 0 Å². The molecule has 1 aromatic rings. The Kier molecular flexibility index (Phi) is 4.85. The van der Waals surface area contributed by atoms with E-state index in [2.05, 4.69) is 55.1 Å². The lowest BCUT2D eigenvalue weighted by Crippen LogP contribution is -2.41. The van der Waals surface area contributed by atoms with Gasteiger partial charge in [0, 0.05) is 18.3 Å². The van der Waals surface area contributed by atoms with Gasteiger partial charge in [-0.25, -0.2) is 0 Å². The highest BCUT2D eigenvalue weighted by Gasteiger charge is 2.28. The van der Waals surface area contributed by atoms with Crippen LogP contribution in [0.3, 0.4) is 0 Å². The molecule has 0 radical (unpaired) electrons. The molecule has 0 amide bonds. The van der Waals surface area contributed by atoms with E-state index in [1.165, 1.54) is 24.9 Å². The Bertz CT molecular complexity index is 421. The van der Waals surface area contributed by atoms with Crippen LogP contribution in [0.1, 0.15) is 39.5 Å². The first kappa shape index (κ1) is 13.9. The van der Waals surface area contributed by atoms with E-state index in [1.54, 1.807) is 0 Å². The number of hydrogen-bond donors (Lipinski definition) is 0. The second-order valence-corrected chi connectivity index (χ2v) is 5.86. The molecule has 3 atom stereocenters. The van der Waals surface area contributed by atoms with Crippen LogP contribution < -0.4 is 4.90 Å². The minimum absolute atomic E-state index is 0.599. The Hall–Kier alpha value is -1.49. The Balaban J connectivity index is 2.12. The summed E-state index contributed by atoms with van der Waals surface area (Å²) in [7, 11) is 0. The van der Waals surface area contributed by atoms with E-state index < -0.39 is 0 Å². The molecule has 0 aliphatic heterocycles. The van der Waals surface area contributed by atoms with Crippen molar-refractivity contribution in [1.29, 1.82) is 5.26 Å². The van der Waals surface area contributed by atoms with E-state index in [9.17, 15) is 0 Å². The normalized spacial score (nSPS) is 26.7. The second kappa shape index (κ2) is 6.61. The number of rotatable bonds is 4. The fourth-order valence-electron chi connectivity index (χ4n) is 3.11. The van der Waals surface area contributed by atoms with Gasteiger partial charge in [0.2, 0.25) is 0 Å². The van der Waals surface area contributed by atoms with Gasteiger partial charge >= 0.3 is 0 Å². The molecule has 0 aromatic heterocycles. The second-order valence-electron chi connectivity index (χ2n) is 5.86. The first-order valence-corrected chi connectivity index (χ1v) is 7.41. The SMILES string of the molecule is CC1CCC(N(CCC#N)c2ccccc2)CC1C. The van der Waals surface area contributed by atoms with Crippen LogP contribution in [0.15, 0.2) is 30.3 Å². The molecule has 1 fully saturated rings. The maximum absolute atomic E-state index is 8.88. The number of benzene rings is 1. The highest BCUT2D eigenvalue weighted by Crippen LogP contribution is 2.34. The quantitative estimate of drug-likeness (QED) is 0.806. The highest BCUT2D eigenvalue weighted by molar-refractivity contribution is 5.47. The Morgan fingerprint density at radius 2 is 1.89 bits per heavy atom. The third kappa shape index (κ3) is 3.50. The maximum Gasteiger partial charge on any atom is 0.0640 e. The van der Waals surface area contributed by atoms with Gasteiger partial charge in [0.05, 0.1) is 12.5 Å². The van der Waals surface area contributed by atoms with Crippen LogP contribution in [0, 0.1) is 23.2 Å². The van der Waals surface area contributed by atoms with Gasteiger partial charge in [-0.15, -0.1) is 0 Å². The number of nitrogens with zero attached hydrogens (tertiary/aromatic N) is 2. The van der Waals surface area contributed by atoms with E-state index in [-0.39, 0.29) is 0 Å². The topological polar surface area (TPSA) is 27.0 Å². The number of hydrogen-bond acceptors (Lipinski definition) is 2. The summed E-state index contributed by atoms with van der Waals surface area (Å²) in [6.07, 6.45) is 4.42. The van der Waals surface area contributed by atoms with Crippen molar-refractivity contribution < 1.29 is 0 Å². The molecule has 102 valence electrons. The molecular formula is C17H24N2. The van der Waals surface area contributed by atoms with Crippen LogP contribution in [0.25, 0.3) is 0 Å². The van der Waals surface area contributed by atoms with Gasteiger partial charge in [-0.05, 0) is 43.2 Å². The van der Waals surface area contributed by atoms with Crippen LogP contribution in [0.2, 0.25) is 0 Å². The molecule has 2 rings (SSSR count). The molecule has 0 saturated heterocycles. The predicted molar refractivity (Wildman–Crippen MR) is 80.0 cm³/mol. The molecule has 2 nitrogen and oxygen atoms in total. The van der Waals surface area contributed by atoms with Crippen molar-refractivity contribution in [3.63, 3.8) is 0 Å². The maximum atomic E-state index is 8.88. The molecule has 1 aliphatic carbocycles. The minimum Gasteiger partial charge on any atom is -0.368 e. The van der Waals surface area contributed by atoms with Gasteiger partial charge in [0.1, 0.15) is 0 Å². The lowest BCUT2D eigenvalue weighted by atomic mass is 9.78. The van der Waals surface area contributed by atoms with E-state index in [0.29, 0.717) is 12.5 Å². The van der Waals surface area contributed by atoms with E-state index in [4.69, 9.17) is 5.26 Å². The van der Waals surface area contributed by atoms with Crippen molar-refractivity contribution in [1.82, 2.24) is 0 Å². The number of para-hydroxylation sites is 1. The first-order valence-electron chi connectivity index (χ1n) is 7.41. The van der Waals surface area contributed by atoms with Crippen molar-refractivity contribution in [3.05, 3.63) is 30.3 Å². The third-order valence-corrected chi connectivity index (χ3v) is 4.56. The molecule has 3 unspecified atom stereocenters. The zero-order chi connectivity index (χ0) is 13.7. The monoisotopic (exact) mass is 256 g/mol. The van der Waals surface area contributed by atoms with Gasteiger partial charge in [0.15, 0.2) is 0 Å². The van der Waals surface area contributed by atoms with Crippen molar-refractivity contribution in [2.45, 2.75) is 45.6 Å². The van der Waals surface area contributed by atoms with Crippen molar-refractivity contribution in [3.8, 4) is 6.07 Å². The Morgan fingerprint density at radius 3 is 2.53 bits per heavy atom. The van der Waals surface area contributed by atoms with Crippen LogP contribution >= 0.6 is 0 Å². The summed E-state index contributed by atoms with van der Waals surface area (Å²) in [5, 5.41) is 8.88. The summed E-state index contributed by atoms with van der Waals surface area (Å²) in [6.45, 7) is 5.58. The summed E-state index contributed by atoms with van der Waals surface area (Å²) < 4.78 is 0. The molecule has 19 heavy (non-hydrogen) atoms. The fraction of sp³-hybridized carbons (Fsp3) is 0.588. The molecule has 0 bridgehead atoms. The number of anilines is 1.